The van der Waals surface area contributed by atoms with Gasteiger partial charge in [-0.1, -0.05) is 12.8 Å². The van der Waals surface area contributed by atoms with E-state index in [9.17, 15) is 5.11 Å². The lowest BCUT2D eigenvalue weighted by Crippen LogP contribution is -2.43. The van der Waals surface area contributed by atoms with Gasteiger partial charge in [0.05, 0.1) is 6.10 Å². The molecule has 0 amide bonds. The molecular formula is C10H19NO. The number of nitrogens with two attached hydrogens (primary N) is 1. The predicted octanol–water partition coefficient (Wildman–Crippen LogP) is 1.42. The fraction of sp³-hybridized carbons (Fsp3) is 1.00. The van der Waals surface area contributed by atoms with Gasteiger partial charge in [-0.3, -0.25) is 0 Å². The minimum absolute atomic E-state index is 0.0557. The first-order valence-corrected chi connectivity index (χ1v) is 5.17. The maximum Gasteiger partial charge on any atom is 0.0597 e. The van der Waals surface area contributed by atoms with Crippen LogP contribution in [0.25, 0.3) is 0 Å². The number of hydrogen-bond acceptors (Lipinski definition) is 2. The molecule has 0 bridgehead atoms. The van der Waals surface area contributed by atoms with E-state index in [-0.39, 0.29) is 11.5 Å². The van der Waals surface area contributed by atoms with Crippen molar-refractivity contribution >= 4 is 0 Å². The predicted molar refractivity (Wildman–Crippen MR) is 48.7 cm³/mol. The molecule has 0 aliphatic heterocycles. The van der Waals surface area contributed by atoms with Crippen LogP contribution in [0, 0.1) is 5.41 Å². The first-order chi connectivity index (χ1) is 5.73. The van der Waals surface area contributed by atoms with Crippen LogP contribution >= 0.6 is 0 Å². The number of hydrogen-bond donors (Lipinski definition) is 2. The van der Waals surface area contributed by atoms with Crippen molar-refractivity contribution in [2.24, 2.45) is 11.1 Å². The van der Waals surface area contributed by atoms with Gasteiger partial charge in [0.1, 0.15) is 0 Å². The van der Waals surface area contributed by atoms with E-state index in [1.165, 1.54) is 25.7 Å². The Kier molecular flexibility index (Phi) is 2.13. The second-order valence-electron chi connectivity index (χ2n) is 4.63. The van der Waals surface area contributed by atoms with Crippen molar-refractivity contribution in [3.05, 3.63) is 0 Å². The monoisotopic (exact) mass is 169 g/mol. The van der Waals surface area contributed by atoms with Crippen molar-refractivity contribution in [3.8, 4) is 0 Å². The average molecular weight is 169 g/mol. The molecule has 2 aliphatic rings. The van der Waals surface area contributed by atoms with Crippen molar-refractivity contribution in [2.45, 2.75) is 57.1 Å². The fourth-order valence-electron chi connectivity index (χ4n) is 3.05. The summed E-state index contributed by atoms with van der Waals surface area (Å²) in [7, 11) is 0. The Balaban J connectivity index is 2.09. The van der Waals surface area contributed by atoms with Gasteiger partial charge in [0.15, 0.2) is 0 Å². The van der Waals surface area contributed by atoms with Crippen molar-refractivity contribution in [3.63, 3.8) is 0 Å². The standard InChI is InChI=1S/C10H19NO/c11-8-3-4-9(12)10(7-8)5-1-2-6-10/h8-9,12H,1-7,11H2. The Bertz CT molecular complexity index is 163. The van der Waals surface area contributed by atoms with E-state index in [0.29, 0.717) is 6.04 Å². The molecule has 3 N–H and O–H groups in total. The highest BCUT2D eigenvalue weighted by Gasteiger charge is 2.43. The summed E-state index contributed by atoms with van der Waals surface area (Å²) in [5.74, 6) is 0. The summed E-state index contributed by atoms with van der Waals surface area (Å²) in [5, 5.41) is 9.92. The van der Waals surface area contributed by atoms with Crippen molar-refractivity contribution in [2.75, 3.05) is 0 Å². The number of aliphatic hydroxyl groups is 1. The SMILES string of the molecule is NC1CCC(O)C2(CCCC2)C1. The molecule has 0 heterocycles. The first kappa shape index (κ1) is 8.52. The molecule has 2 saturated carbocycles. The molecular weight excluding hydrogens is 150 g/mol. The van der Waals surface area contributed by atoms with Crippen LogP contribution in [0.1, 0.15) is 44.9 Å². The molecule has 2 rings (SSSR count). The molecule has 2 atom stereocenters. The zero-order valence-electron chi connectivity index (χ0n) is 7.63. The minimum atomic E-state index is -0.0557. The summed E-state index contributed by atoms with van der Waals surface area (Å²) >= 11 is 0. The van der Waals surface area contributed by atoms with Gasteiger partial charge >= 0.3 is 0 Å². The van der Waals surface area contributed by atoms with Crippen molar-refractivity contribution in [1.82, 2.24) is 0 Å². The fourth-order valence-corrected chi connectivity index (χ4v) is 3.05. The molecule has 2 aliphatic carbocycles. The van der Waals surface area contributed by atoms with Crippen LogP contribution in [0.15, 0.2) is 0 Å². The maximum atomic E-state index is 9.92. The van der Waals surface area contributed by atoms with Crippen molar-refractivity contribution < 1.29 is 5.11 Å². The third-order valence-corrected chi connectivity index (χ3v) is 3.79. The highest BCUT2D eigenvalue weighted by molar-refractivity contribution is 4.96. The zero-order chi connectivity index (χ0) is 8.60. The molecule has 0 saturated heterocycles. The normalized spacial score (nSPS) is 40.5. The van der Waals surface area contributed by atoms with E-state index in [1.54, 1.807) is 0 Å². The van der Waals surface area contributed by atoms with E-state index < -0.39 is 0 Å². The molecule has 2 heteroatoms. The zero-order valence-corrected chi connectivity index (χ0v) is 7.63. The van der Waals surface area contributed by atoms with Crippen LogP contribution in [0.3, 0.4) is 0 Å². The van der Waals surface area contributed by atoms with Crippen LogP contribution < -0.4 is 5.73 Å². The topological polar surface area (TPSA) is 46.2 Å². The van der Waals surface area contributed by atoms with Crippen molar-refractivity contribution in [1.29, 1.82) is 0 Å². The Morgan fingerprint density at radius 1 is 1.17 bits per heavy atom. The molecule has 70 valence electrons. The average Bonchev–Trinajstić information content (AvgIpc) is 2.48. The minimum Gasteiger partial charge on any atom is -0.393 e. The van der Waals surface area contributed by atoms with E-state index >= 15 is 0 Å². The van der Waals surface area contributed by atoms with Gasteiger partial charge < -0.3 is 10.8 Å². The Hall–Kier alpha value is -0.0800. The lowest BCUT2D eigenvalue weighted by atomic mass is 9.69. The molecule has 2 nitrogen and oxygen atoms in total. The molecule has 0 radical (unpaired) electrons. The molecule has 12 heavy (non-hydrogen) atoms. The van der Waals surface area contributed by atoms with Gasteiger partial charge in [-0.05, 0) is 37.5 Å². The van der Waals surface area contributed by atoms with E-state index in [1.807, 2.05) is 0 Å². The third kappa shape index (κ3) is 1.27. The summed E-state index contributed by atoms with van der Waals surface area (Å²) in [6.07, 6.45) is 7.97. The van der Waals surface area contributed by atoms with Crippen LogP contribution in [0.5, 0.6) is 0 Å². The highest BCUT2D eigenvalue weighted by atomic mass is 16.3. The van der Waals surface area contributed by atoms with Crippen LogP contribution in [0.4, 0.5) is 0 Å². The molecule has 2 unspecified atom stereocenters. The lowest BCUT2D eigenvalue weighted by molar-refractivity contribution is -0.0138. The van der Waals surface area contributed by atoms with Gasteiger partial charge in [0, 0.05) is 6.04 Å². The molecule has 0 aromatic heterocycles. The largest absolute Gasteiger partial charge is 0.393 e. The van der Waals surface area contributed by atoms with Crippen LogP contribution in [-0.4, -0.2) is 17.3 Å². The number of rotatable bonds is 0. The second kappa shape index (κ2) is 3.00. The Morgan fingerprint density at radius 2 is 1.83 bits per heavy atom. The van der Waals surface area contributed by atoms with E-state index in [4.69, 9.17) is 5.73 Å². The lowest BCUT2D eigenvalue weighted by Gasteiger charge is -2.41. The summed E-state index contributed by atoms with van der Waals surface area (Å²) in [5.41, 5.74) is 6.17. The Morgan fingerprint density at radius 3 is 2.50 bits per heavy atom. The summed E-state index contributed by atoms with van der Waals surface area (Å²) < 4.78 is 0. The summed E-state index contributed by atoms with van der Waals surface area (Å²) in [6, 6.07) is 0.353. The van der Waals surface area contributed by atoms with Gasteiger partial charge in [-0.15, -0.1) is 0 Å². The first-order valence-electron chi connectivity index (χ1n) is 5.17. The number of aliphatic hydroxyl groups excluding tert-OH is 1. The molecule has 2 fully saturated rings. The highest BCUT2D eigenvalue weighted by Crippen LogP contribution is 2.48. The summed E-state index contributed by atoms with van der Waals surface area (Å²) in [6.45, 7) is 0. The van der Waals surface area contributed by atoms with E-state index in [0.717, 1.165) is 19.3 Å². The van der Waals surface area contributed by atoms with Crippen LogP contribution in [0.2, 0.25) is 0 Å². The molecule has 1 spiro atoms. The second-order valence-corrected chi connectivity index (χ2v) is 4.63. The summed E-state index contributed by atoms with van der Waals surface area (Å²) in [4.78, 5) is 0. The molecule has 0 aromatic carbocycles. The van der Waals surface area contributed by atoms with E-state index in [2.05, 4.69) is 0 Å². The smallest absolute Gasteiger partial charge is 0.0597 e. The third-order valence-electron chi connectivity index (χ3n) is 3.79. The van der Waals surface area contributed by atoms with Gasteiger partial charge in [0.25, 0.3) is 0 Å². The quantitative estimate of drug-likeness (QED) is 0.576. The van der Waals surface area contributed by atoms with Gasteiger partial charge in [0.2, 0.25) is 0 Å². The maximum absolute atomic E-state index is 9.92. The van der Waals surface area contributed by atoms with Crippen LogP contribution in [-0.2, 0) is 0 Å². The molecule has 0 aromatic rings. The van der Waals surface area contributed by atoms with Gasteiger partial charge in [-0.2, -0.15) is 0 Å². The van der Waals surface area contributed by atoms with Gasteiger partial charge in [-0.25, -0.2) is 0 Å². The Labute approximate surface area is 74.1 Å².